The molecule has 20 unspecified atom stereocenters. The molecule has 0 aromatic heterocycles. The number of carbonyl (C=O) groups excluding carboxylic acids is 2. The molecule has 2 bridgehead atoms. The van der Waals surface area contributed by atoms with E-state index in [0.717, 1.165) is 0 Å². The van der Waals surface area contributed by atoms with Crippen LogP contribution in [0.25, 0.3) is 0 Å². The zero-order chi connectivity index (χ0) is 42.0. The minimum Gasteiger partial charge on any atom is -0.455 e. The topological polar surface area (TPSA) is 132 Å². The van der Waals surface area contributed by atoms with Gasteiger partial charge in [-0.2, -0.15) is 0 Å². The van der Waals surface area contributed by atoms with E-state index in [4.69, 9.17) is 18.5 Å². The first kappa shape index (κ1) is 61.6. The molecule has 9 nitrogen and oxygen atoms in total. The Hall–Kier alpha value is 9.34. The van der Waals surface area contributed by atoms with Crippen LogP contribution in [-0.4, -0.2) is 75.4 Å². The number of hydrogen-bond donors (Lipinski definition) is 3. The number of aliphatic hydroxyl groups is 3. The molecule has 2 radical (unpaired) electrons. The molecule has 3 fully saturated rings. The van der Waals surface area contributed by atoms with Crippen LogP contribution >= 0.6 is 162 Å². The minimum absolute atomic E-state index is 0. The van der Waals surface area contributed by atoms with Crippen molar-refractivity contribution in [1.29, 1.82) is 0 Å². The standard InChI is InChI=1S/C27H54O9P20.2Ac/c1-13-15(35-49(55(47)52(41)42)56(53(43)44)54(45)46)11-27(32)22(34-23(30)14-8-6-5-7-9-14)20-25(4,21(29)19(28)18(13)24(27,2)3)16(10-17-26(20,31)12-33-17)36-48(50(37)38)51(39)40;;/h5-9,15-17,19-20,22,28,31-32H,10-12,37-47H2,1-4H3;;/t15?,16?,17?,19?,20?,22?,25-,26+,27?,49?,55?;;/m1../s1. The number of rotatable bonds is 13. The quantitative estimate of drug-likeness (QED) is 0.100. The molecule has 58 heavy (non-hydrogen) atoms. The van der Waals surface area contributed by atoms with Crippen LogP contribution in [0.4, 0.5) is 0 Å². The normalized spacial score (nSPS) is 34.3. The van der Waals surface area contributed by atoms with Gasteiger partial charge in [-0.05, 0) is 72.1 Å². The molecular weight excluding hydrogens is 1540 g/mol. The fourth-order valence-electron chi connectivity index (χ4n) is 8.51. The monoisotopic (exact) mass is 1600 g/mol. The van der Waals surface area contributed by atoms with E-state index in [1.807, 2.05) is 20.8 Å². The molecule has 0 spiro atoms. The van der Waals surface area contributed by atoms with Gasteiger partial charge in [-0.1, -0.05) is 41.0 Å². The summed E-state index contributed by atoms with van der Waals surface area (Å²) in [4.78, 5) is 29.9. The van der Waals surface area contributed by atoms with Crippen LogP contribution < -0.4 is 0 Å². The van der Waals surface area contributed by atoms with Crippen LogP contribution in [-0.2, 0) is 23.3 Å². The van der Waals surface area contributed by atoms with Crippen LogP contribution in [0.15, 0.2) is 41.5 Å². The molecule has 3 aliphatic carbocycles. The molecule has 1 saturated heterocycles. The molecule has 22 atom stereocenters. The first-order chi connectivity index (χ1) is 25.9. The van der Waals surface area contributed by atoms with E-state index >= 15 is 4.79 Å². The van der Waals surface area contributed by atoms with E-state index in [0.29, 0.717) is 11.1 Å². The second kappa shape index (κ2) is 25.5. The predicted octanol–water partition coefficient (Wildman–Crippen LogP) is 12.8. The SMILES string of the molecule is CC1=C2C(O)C(=O)[C@]3(C)C(OP(P(P)P)P(P)P)CC4OC[C@@]4(O)C3C(OC(=O)c3ccccc3)C(O)(CC1OP(P(P)P(P)P)P(P(P)P)P(P)P)C2(C)C.[Ac].[Ac]. The summed E-state index contributed by atoms with van der Waals surface area (Å²) < 4.78 is 27.1. The second-order valence-electron chi connectivity index (χ2n) is 14.8. The minimum atomic E-state index is -1.94. The number of fused-ring (bicyclic) bond motifs is 5. The Morgan fingerprint density at radius 3 is 1.84 bits per heavy atom. The van der Waals surface area contributed by atoms with Crippen molar-refractivity contribution in [2.75, 3.05) is 6.61 Å². The molecule has 322 valence electrons. The van der Waals surface area contributed by atoms with E-state index in [-0.39, 0.29) is 113 Å². The van der Waals surface area contributed by atoms with Crippen LogP contribution in [0, 0.1) is 105 Å². The van der Waals surface area contributed by atoms with E-state index < -0.39 is 134 Å². The zero-order valence-corrected chi connectivity index (χ0v) is 62.5. The van der Waals surface area contributed by atoms with Gasteiger partial charge in [-0.3, -0.25) is 4.79 Å². The maximum atomic E-state index is 15.6. The fourth-order valence-corrected chi connectivity index (χ4v) is 137. The molecule has 31 heteroatoms. The van der Waals surface area contributed by atoms with Crippen LogP contribution in [0.2, 0.25) is 0 Å². The third kappa shape index (κ3) is 12.5. The number of Topliss-reactive ketones (excluding diaryl/α,β-unsaturated/α-hetero) is 1. The van der Waals surface area contributed by atoms with Gasteiger partial charge in [-0.25, -0.2) is 4.79 Å². The van der Waals surface area contributed by atoms with Crippen molar-refractivity contribution in [3.63, 3.8) is 0 Å². The van der Waals surface area contributed by atoms with Crippen LogP contribution in [0.5, 0.6) is 0 Å². The maximum absolute atomic E-state index is 15.6. The summed E-state index contributed by atoms with van der Waals surface area (Å²) in [7, 11) is 30.3. The molecule has 0 amide bonds. The Balaban J connectivity index is 0.00000450. The zero-order valence-electron chi connectivity index (χ0n) is 32.3. The van der Waals surface area contributed by atoms with Crippen molar-refractivity contribution in [1.82, 2.24) is 0 Å². The summed E-state index contributed by atoms with van der Waals surface area (Å²) in [6.45, 7) is 2.71. The third-order valence-corrected chi connectivity index (χ3v) is 105. The fraction of sp³-hybridized carbons (Fsp3) is 0.630. The summed E-state index contributed by atoms with van der Waals surface area (Å²) in [6, 6.07) is 8.58. The summed E-state index contributed by atoms with van der Waals surface area (Å²) in [5, 5.41) is 39.3. The number of aliphatic hydroxyl groups excluding tert-OH is 1. The van der Waals surface area contributed by atoms with Gasteiger partial charge in [0.05, 0.1) is 50.9 Å². The number of ether oxygens (including phenoxy) is 2. The molecule has 3 N–H and O–H groups in total. The van der Waals surface area contributed by atoms with Gasteiger partial charge < -0.3 is 33.8 Å². The Bertz CT molecular complexity index is 1640. The number of ketones is 1. The van der Waals surface area contributed by atoms with E-state index in [9.17, 15) is 20.1 Å². The maximum Gasteiger partial charge on any atom is 0.338 e. The molecule has 4 aliphatic rings. The Kier molecular flexibility index (Phi) is 27.1. The molecule has 1 aliphatic heterocycles. The van der Waals surface area contributed by atoms with E-state index in [2.05, 4.69) is 98.2 Å². The largest absolute Gasteiger partial charge is 0.455 e. The Labute approximate surface area is 451 Å². The van der Waals surface area contributed by atoms with Crippen molar-refractivity contribution in [2.45, 2.75) is 82.3 Å². The van der Waals surface area contributed by atoms with E-state index in [1.54, 1.807) is 37.3 Å². The van der Waals surface area contributed by atoms with Crippen molar-refractivity contribution in [2.24, 2.45) is 16.7 Å². The van der Waals surface area contributed by atoms with Crippen molar-refractivity contribution < 1.29 is 132 Å². The number of hydrogen-bond acceptors (Lipinski definition) is 9. The molecule has 5 rings (SSSR count). The van der Waals surface area contributed by atoms with Gasteiger partial charge in [0.2, 0.25) is 0 Å². The number of carbonyl (C=O) groups is 2. The summed E-state index contributed by atoms with van der Waals surface area (Å²) in [5.41, 5.74) is -5.21. The van der Waals surface area contributed by atoms with E-state index in [1.165, 1.54) is 0 Å². The molecule has 1 aromatic rings. The average Bonchev–Trinajstić information content (AvgIpc) is 3.10. The Morgan fingerprint density at radius 1 is 0.828 bits per heavy atom. The predicted molar refractivity (Wildman–Crippen MR) is 292 cm³/mol. The molecule has 2 saturated carbocycles. The van der Waals surface area contributed by atoms with Gasteiger partial charge in [0.25, 0.3) is 0 Å². The van der Waals surface area contributed by atoms with Crippen molar-refractivity contribution >= 4 is 174 Å². The summed E-state index contributed by atoms with van der Waals surface area (Å²) in [5.74, 6) is -2.44. The van der Waals surface area contributed by atoms with Gasteiger partial charge in [0.1, 0.15) is 23.4 Å². The van der Waals surface area contributed by atoms with Gasteiger partial charge in [0.15, 0.2) is 5.78 Å². The number of esters is 1. The van der Waals surface area contributed by atoms with Gasteiger partial charge in [-0.15, -0.1) is 89.3 Å². The first-order valence-electron chi connectivity index (χ1n) is 16.9. The smallest absolute Gasteiger partial charge is 0.338 e. The molecule has 1 aromatic carbocycles. The van der Waals surface area contributed by atoms with Gasteiger partial charge in [0, 0.05) is 126 Å². The van der Waals surface area contributed by atoms with Crippen molar-refractivity contribution in [3.8, 4) is 0 Å². The first-order valence-corrected chi connectivity index (χ1v) is 51.5. The second-order valence-corrected chi connectivity index (χ2v) is 87.2. The van der Waals surface area contributed by atoms with Gasteiger partial charge >= 0.3 is 5.97 Å². The summed E-state index contributed by atoms with van der Waals surface area (Å²) >= 11 is 0. The van der Waals surface area contributed by atoms with Crippen molar-refractivity contribution in [3.05, 3.63) is 47.0 Å². The summed E-state index contributed by atoms with van der Waals surface area (Å²) in [6.07, 6.45) is -5.18. The van der Waals surface area contributed by atoms with Crippen LogP contribution in [0.3, 0.4) is 0 Å². The molecular formula is C27H54Ac2O9P20. The van der Waals surface area contributed by atoms with Crippen LogP contribution in [0.1, 0.15) is 50.9 Å². The average molecular weight is 1600 g/mol. The third-order valence-electron chi connectivity index (χ3n) is 11.4. The number of benzene rings is 1. The Morgan fingerprint density at radius 2 is 1.38 bits per heavy atom. The molecule has 1 heterocycles.